The van der Waals surface area contributed by atoms with Crippen molar-refractivity contribution in [1.29, 1.82) is 0 Å². The van der Waals surface area contributed by atoms with E-state index in [0.717, 1.165) is 22.0 Å². The number of rotatable bonds is 1. The van der Waals surface area contributed by atoms with Gasteiger partial charge in [0.05, 0.1) is 27.1 Å². The van der Waals surface area contributed by atoms with Crippen LogP contribution in [0.3, 0.4) is 0 Å². The Morgan fingerprint density at radius 2 is 1.93 bits per heavy atom. The van der Waals surface area contributed by atoms with E-state index < -0.39 is 0 Å². The van der Waals surface area contributed by atoms with Crippen LogP contribution in [0, 0.1) is 6.92 Å². The third-order valence-electron chi connectivity index (χ3n) is 4.55. The van der Waals surface area contributed by atoms with E-state index in [9.17, 15) is 4.79 Å². The summed E-state index contributed by atoms with van der Waals surface area (Å²) in [6.07, 6.45) is 1.60. The van der Waals surface area contributed by atoms with Gasteiger partial charge in [-0.25, -0.2) is 4.98 Å². The van der Waals surface area contributed by atoms with Crippen LogP contribution in [0.5, 0.6) is 0 Å². The number of aryl methyl sites for hydroxylation is 1. The summed E-state index contributed by atoms with van der Waals surface area (Å²) in [5.74, 6) is 0. The van der Waals surface area contributed by atoms with Crippen LogP contribution < -0.4 is 5.56 Å². The van der Waals surface area contributed by atoms with Crippen molar-refractivity contribution in [2.75, 3.05) is 0 Å². The van der Waals surface area contributed by atoms with E-state index in [2.05, 4.69) is 4.98 Å². The van der Waals surface area contributed by atoms with E-state index in [1.807, 2.05) is 36.6 Å². The Morgan fingerprint density at radius 3 is 2.74 bits per heavy atom. The van der Waals surface area contributed by atoms with Crippen LogP contribution >= 0.6 is 34.5 Å². The Balaban J connectivity index is 1.90. The third-order valence-corrected chi connectivity index (χ3v) is 5.92. The summed E-state index contributed by atoms with van der Waals surface area (Å²) in [6, 6.07) is 11.2. The van der Waals surface area contributed by atoms with Crippen LogP contribution in [0.4, 0.5) is 0 Å². The molecule has 0 aliphatic carbocycles. The maximum absolute atomic E-state index is 13.3. The monoisotopic (exact) mass is 411 g/mol. The van der Waals surface area contributed by atoms with Crippen LogP contribution in [0.2, 0.25) is 10.0 Å². The molecular weight excluding hydrogens is 401 g/mol. The number of fused-ring (bicyclic) bond motifs is 4. The highest BCUT2D eigenvalue weighted by Crippen LogP contribution is 2.33. The van der Waals surface area contributed by atoms with Gasteiger partial charge in [0.15, 0.2) is 4.96 Å². The van der Waals surface area contributed by atoms with Gasteiger partial charge < -0.3 is 0 Å². The maximum atomic E-state index is 13.3. The van der Waals surface area contributed by atoms with Crippen LogP contribution in [0.15, 0.2) is 52.8 Å². The lowest BCUT2D eigenvalue weighted by molar-refractivity contribution is 1.12. The van der Waals surface area contributed by atoms with Gasteiger partial charge in [0.2, 0.25) is 0 Å². The number of nitrogens with zero attached hydrogens (tertiary/aromatic N) is 3. The van der Waals surface area contributed by atoms with E-state index in [0.29, 0.717) is 31.6 Å². The molecule has 3 heterocycles. The molecule has 0 fully saturated rings. The van der Waals surface area contributed by atoms with Gasteiger partial charge in [-0.3, -0.25) is 14.2 Å². The van der Waals surface area contributed by atoms with Crippen LogP contribution in [-0.2, 0) is 0 Å². The molecular formula is C20H11Cl2N3OS. The fourth-order valence-electron chi connectivity index (χ4n) is 3.26. The number of hydrogen-bond acceptors (Lipinski definition) is 4. The van der Waals surface area contributed by atoms with E-state index in [1.54, 1.807) is 22.7 Å². The van der Waals surface area contributed by atoms with Crippen LogP contribution in [0.1, 0.15) is 5.56 Å². The van der Waals surface area contributed by atoms with Gasteiger partial charge >= 0.3 is 0 Å². The Kier molecular flexibility index (Phi) is 3.72. The summed E-state index contributed by atoms with van der Waals surface area (Å²) >= 11 is 13.8. The van der Waals surface area contributed by atoms with Crippen molar-refractivity contribution >= 4 is 61.3 Å². The zero-order chi connectivity index (χ0) is 18.7. The number of hydrogen-bond donors (Lipinski definition) is 0. The number of halogens is 2. The van der Waals surface area contributed by atoms with Gasteiger partial charge in [0.1, 0.15) is 0 Å². The van der Waals surface area contributed by atoms with Crippen molar-refractivity contribution < 1.29 is 0 Å². The molecule has 0 bridgehead atoms. The van der Waals surface area contributed by atoms with Crippen molar-refractivity contribution in [3.63, 3.8) is 0 Å². The maximum Gasteiger partial charge on any atom is 0.268 e. The summed E-state index contributed by atoms with van der Waals surface area (Å²) in [7, 11) is 0. The molecule has 0 amide bonds. The van der Waals surface area contributed by atoms with E-state index in [-0.39, 0.29) is 5.56 Å². The first-order valence-electron chi connectivity index (χ1n) is 8.18. The average Bonchev–Trinajstić information content (AvgIpc) is 3.06. The molecule has 3 aromatic heterocycles. The first-order chi connectivity index (χ1) is 13.0. The van der Waals surface area contributed by atoms with Gasteiger partial charge in [-0.05, 0) is 37.3 Å². The molecule has 0 aliphatic heterocycles. The minimum Gasteiger partial charge on any atom is -0.268 e. The lowest BCUT2D eigenvalue weighted by Crippen LogP contribution is -2.15. The summed E-state index contributed by atoms with van der Waals surface area (Å²) < 4.78 is 1.59. The molecule has 0 N–H and O–H groups in total. The van der Waals surface area contributed by atoms with Crippen molar-refractivity contribution in [2.24, 2.45) is 0 Å². The minimum absolute atomic E-state index is 0.159. The molecule has 7 heteroatoms. The Hall–Kier alpha value is -2.47. The number of thiazole rings is 1. The van der Waals surface area contributed by atoms with Gasteiger partial charge in [-0.1, -0.05) is 34.8 Å². The minimum atomic E-state index is -0.159. The van der Waals surface area contributed by atoms with Crippen molar-refractivity contribution in [3.05, 3.63) is 73.9 Å². The van der Waals surface area contributed by atoms with Gasteiger partial charge in [-0.15, -0.1) is 11.3 Å². The van der Waals surface area contributed by atoms with Gasteiger partial charge in [-0.2, -0.15) is 0 Å². The molecule has 0 radical (unpaired) electrons. The second-order valence-electron chi connectivity index (χ2n) is 6.32. The van der Waals surface area contributed by atoms with E-state index in [1.165, 1.54) is 11.3 Å². The second-order valence-corrected chi connectivity index (χ2v) is 8.00. The zero-order valence-electron chi connectivity index (χ0n) is 14.0. The quantitative estimate of drug-likeness (QED) is 0.330. The normalized spacial score (nSPS) is 11.7. The Labute approximate surface area is 167 Å². The standard InChI is InChI=1S/C20H11Cl2N3OS/c1-10-2-5-16-13(6-10)18-14(8-23-16)19(26)25-17(9-27-20(25)24-18)12-4-3-11(21)7-15(12)22/h2-9H,1H3. The molecule has 5 aromatic rings. The van der Waals surface area contributed by atoms with Gasteiger partial charge in [0, 0.05) is 27.5 Å². The summed E-state index contributed by atoms with van der Waals surface area (Å²) in [4.78, 5) is 23.1. The molecule has 0 unspecified atom stereocenters. The highest BCUT2D eigenvalue weighted by molar-refractivity contribution is 7.15. The van der Waals surface area contributed by atoms with E-state index in [4.69, 9.17) is 28.2 Å². The molecule has 4 nitrogen and oxygen atoms in total. The number of benzene rings is 2. The molecule has 5 rings (SSSR count). The van der Waals surface area contributed by atoms with Crippen LogP contribution in [-0.4, -0.2) is 14.4 Å². The largest absolute Gasteiger partial charge is 0.268 e. The van der Waals surface area contributed by atoms with E-state index >= 15 is 0 Å². The van der Waals surface area contributed by atoms with Crippen molar-refractivity contribution in [3.8, 4) is 11.3 Å². The first kappa shape index (κ1) is 16.7. The second kappa shape index (κ2) is 6.02. The van der Waals surface area contributed by atoms with Crippen molar-refractivity contribution in [1.82, 2.24) is 14.4 Å². The average molecular weight is 412 g/mol. The molecule has 0 saturated carbocycles. The SMILES string of the molecule is Cc1ccc2ncc3c(=O)n4c(-c5ccc(Cl)cc5Cl)csc4nc3c2c1. The summed E-state index contributed by atoms with van der Waals surface area (Å²) in [5.41, 5.74) is 3.86. The molecule has 27 heavy (non-hydrogen) atoms. The third kappa shape index (κ3) is 2.54. The topological polar surface area (TPSA) is 47.3 Å². The predicted molar refractivity (Wildman–Crippen MR) is 112 cm³/mol. The van der Waals surface area contributed by atoms with Crippen LogP contribution in [0.25, 0.3) is 38.0 Å². The predicted octanol–water partition coefficient (Wildman–Crippen LogP) is 5.74. The van der Waals surface area contributed by atoms with Crippen molar-refractivity contribution in [2.45, 2.75) is 6.92 Å². The molecule has 0 atom stereocenters. The highest BCUT2D eigenvalue weighted by atomic mass is 35.5. The first-order valence-corrected chi connectivity index (χ1v) is 9.81. The summed E-state index contributed by atoms with van der Waals surface area (Å²) in [5, 5.41) is 4.28. The fraction of sp³-hybridized carbons (Fsp3) is 0.0500. The highest BCUT2D eigenvalue weighted by Gasteiger charge is 2.16. The Bertz CT molecular complexity index is 1440. The summed E-state index contributed by atoms with van der Waals surface area (Å²) in [6.45, 7) is 2.01. The molecule has 0 saturated heterocycles. The zero-order valence-corrected chi connectivity index (χ0v) is 16.4. The fourth-order valence-corrected chi connectivity index (χ4v) is 4.64. The number of pyridine rings is 1. The molecule has 0 spiro atoms. The Morgan fingerprint density at radius 1 is 1.07 bits per heavy atom. The number of aromatic nitrogens is 3. The lowest BCUT2D eigenvalue weighted by atomic mass is 10.1. The molecule has 0 aliphatic rings. The molecule has 132 valence electrons. The van der Waals surface area contributed by atoms with Gasteiger partial charge in [0.25, 0.3) is 5.56 Å². The lowest BCUT2D eigenvalue weighted by Gasteiger charge is -2.07. The smallest absolute Gasteiger partial charge is 0.268 e. The molecule has 2 aromatic carbocycles.